The third-order valence-corrected chi connectivity index (χ3v) is 4.98. The van der Waals surface area contributed by atoms with Crippen molar-refractivity contribution in [2.45, 2.75) is 0 Å². The van der Waals surface area contributed by atoms with E-state index in [1.165, 1.54) is 13.2 Å². The van der Waals surface area contributed by atoms with Gasteiger partial charge < -0.3 is 14.8 Å². The summed E-state index contributed by atoms with van der Waals surface area (Å²) in [7, 11) is 1.53. The molecule has 3 aromatic carbocycles. The summed E-state index contributed by atoms with van der Waals surface area (Å²) in [4.78, 5) is 25.1. The molecule has 160 valence electrons. The summed E-state index contributed by atoms with van der Waals surface area (Å²) in [6.07, 6.45) is 1.35. The number of nitrogens with zero attached hydrogens (tertiary/aromatic N) is 1. The average molecular weight is 512 g/mol. The number of hydrogen-bond acceptors (Lipinski definition) is 5. The minimum Gasteiger partial charge on any atom is -0.497 e. The number of rotatable bonds is 6. The molecule has 0 radical (unpaired) electrons. The minimum absolute atomic E-state index is 0.176. The first kappa shape index (κ1) is 23.1. The van der Waals surface area contributed by atoms with Crippen LogP contribution in [-0.2, 0) is 4.79 Å². The van der Waals surface area contributed by atoms with Crippen LogP contribution >= 0.6 is 27.5 Å². The van der Waals surface area contributed by atoms with Gasteiger partial charge in [-0.25, -0.2) is 4.79 Å². The Morgan fingerprint density at radius 2 is 1.84 bits per heavy atom. The Hall–Kier alpha value is -3.60. The predicted octanol–water partition coefficient (Wildman–Crippen LogP) is 5.88. The van der Waals surface area contributed by atoms with Crippen molar-refractivity contribution in [3.8, 4) is 17.6 Å². The van der Waals surface area contributed by atoms with E-state index >= 15 is 0 Å². The third-order valence-electron chi connectivity index (χ3n) is 4.25. The van der Waals surface area contributed by atoms with Gasteiger partial charge in [-0.2, -0.15) is 5.26 Å². The molecule has 32 heavy (non-hydrogen) atoms. The number of amides is 1. The highest BCUT2D eigenvalue weighted by Crippen LogP contribution is 2.27. The van der Waals surface area contributed by atoms with Gasteiger partial charge in [0.25, 0.3) is 5.91 Å². The molecule has 0 saturated carbocycles. The molecule has 1 amide bonds. The molecule has 0 saturated heterocycles. The van der Waals surface area contributed by atoms with Gasteiger partial charge >= 0.3 is 5.97 Å². The second-order valence-electron chi connectivity index (χ2n) is 6.43. The van der Waals surface area contributed by atoms with Gasteiger partial charge in [-0.3, -0.25) is 4.79 Å². The molecular formula is C24H16BrClN2O4. The highest BCUT2D eigenvalue weighted by molar-refractivity contribution is 9.10. The molecule has 8 heteroatoms. The molecule has 6 nitrogen and oxygen atoms in total. The van der Waals surface area contributed by atoms with E-state index in [9.17, 15) is 14.9 Å². The van der Waals surface area contributed by atoms with E-state index in [-0.39, 0.29) is 11.3 Å². The van der Waals surface area contributed by atoms with E-state index in [0.29, 0.717) is 32.1 Å². The van der Waals surface area contributed by atoms with Gasteiger partial charge in [0, 0.05) is 20.7 Å². The highest BCUT2D eigenvalue weighted by Gasteiger charge is 2.15. The molecule has 0 bridgehead atoms. The van der Waals surface area contributed by atoms with Crippen molar-refractivity contribution >= 4 is 51.2 Å². The maximum absolute atomic E-state index is 12.6. The number of benzene rings is 3. The second-order valence-corrected chi connectivity index (χ2v) is 7.79. The van der Waals surface area contributed by atoms with Crippen LogP contribution in [-0.4, -0.2) is 19.0 Å². The molecule has 0 heterocycles. The number of halogens is 2. The number of ether oxygens (including phenoxy) is 2. The molecule has 0 aliphatic carbocycles. The smallest absolute Gasteiger partial charge is 0.343 e. The molecule has 3 aromatic rings. The topological polar surface area (TPSA) is 88.4 Å². The monoisotopic (exact) mass is 510 g/mol. The fraction of sp³-hybridized carbons (Fsp3) is 0.0417. The molecule has 0 atom stereocenters. The Labute approximate surface area is 198 Å². The zero-order valence-corrected chi connectivity index (χ0v) is 19.1. The van der Waals surface area contributed by atoms with Gasteiger partial charge in [-0.1, -0.05) is 33.6 Å². The largest absolute Gasteiger partial charge is 0.497 e. The van der Waals surface area contributed by atoms with Crippen LogP contribution in [0.25, 0.3) is 6.08 Å². The average Bonchev–Trinajstić information content (AvgIpc) is 2.79. The van der Waals surface area contributed by atoms with Crippen LogP contribution in [0.2, 0.25) is 5.02 Å². The van der Waals surface area contributed by atoms with Crippen molar-refractivity contribution in [2.24, 2.45) is 0 Å². The summed E-state index contributed by atoms with van der Waals surface area (Å²) in [5.74, 6) is -0.413. The minimum atomic E-state index is -0.623. The Bertz CT molecular complexity index is 1230. The van der Waals surface area contributed by atoms with E-state index in [1.807, 2.05) is 6.07 Å². The first-order chi connectivity index (χ1) is 15.4. The fourth-order valence-corrected chi connectivity index (χ4v) is 3.25. The van der Waals surface area contributed by atoms with Crippen LogP contribution in [0, 0.1) is 11.3 Å². The Balaban J connectivity index is 1.86. The van der Waals surface area contributed by atoms with E-state index in [4.69, 9.17) is 21.1 Å². The summed E-state index contributed by atoms with van der Waals surface area (Å²) in [6.45, 7) is 0. The SMILES string of the molecule is COc1ccc(C(=O)Oc2ccc(Br)cc2/C=C(\C#N)C(=O)Nc2cccc(Cl)c2)cc1. The quantitative estimate of drug-likeness (QED) is 0.193. The molecule has 0 aliphatic heterocycles. The van der Waals surface area contributed by atoms with Crippen LogP contribution in [0.4, 0.5) is 5.69 Å². The summed E-state index contributed by atoms with van der Waals surface area (Å²) in [6, 6.07) is 19.8. The zero-order chi connectivity index (χ0) is 23.1. The van der Waals surface area contributed by atoms with Crippen molar-refractivity contribution in [3.05, 3.63) is 92.9 Å². The number of methoxy groups -OCH3 is 1. The number of hydrogen-bond donors (Lipinski definition) is 1. The van der Waals surface area contributed by atoms with Gasteiger partial charge in [-0.15, -0.1) is 0 Å². The Morgan fingerprint density at radius 3 is 2.50 bits per heavy atom. The van der Waals surface area contributed by atoms with Gasteiger partial charge in [0.05, 0.1) is 12.7 Å². The van der Waals surface area contributed by atoms with Crippen molar-refractivity contribution in [2.75, 3.05) is 12.4 Å². The molecule has 1 N–H and O–H groups in total. The summed E-state index contributed by atoms with van der Waals surface area (Å²) < 4.78 is 11.3. The van der Waals surface area contributed by atoms with E-state index < -0.39 is 11.9 Å². The number of nitrogens with one attached hydrogen (secondary N) is 1. The van der Waals surface area contributed by atoms with E-state index in [2.05, 4.69) is 21.2 Å². The number of anilines is 1. The zero-order valence-electron chi connectivity index (χ0n) is 16.8. The summed E-state index contributed by atoms with van der Waals surface area (Å²) >= 11 is 9.29. The standard InChI is InChI=1S/C24H16BrClN2O4/c1-31-21-8-5-15(6-9-21)24(30)32-22-10-7-18(25)12-16(22)11-17(14-27)23(29)28-20-4-2-3-19(26)13-20/h2-13H,1H3,(H,28,29)/b17-11+. The Kier molecular flexibility index (Phi) is 7.66. The predicted molar refractivity (Wildman–Crippen MR) is 126 cm³/mol. The van der Waals surface area contributed by atoms with E-state index in [1.54, 1.807) is 66.7 Å². The number of esters is 1. The summed E-state index contributed by atoms with van der Waals surface area (Å²) in [5, 5.41) is 12.6. The van der Waals surface area contributed by atoms with Gasteiger partial charge in [0.1, 0.15) is 23.1 Å². The molecule has 0 aromatic heterocycles. The first-order valence-corrected chi connectivity index (χ1v) is 10.4. The number of carbonyl (C=O) groups excluding carboxylic acids is 2. The number of carbonyl (C=O) groups is 2. The fourth-order valence-electron chi connectivity index (χ4n) is 2.68. The van der Waals surface area contributed by atoms with Gasteiger partial charge in [0.2, 0.25) is 0 Å². The summed E-state index contributed by atoms with van der Waals surface area (Å²) in [5.41, 5.74) is 0.968. The highest BCUT2D eigenvalue weighted by atomic mass is 79.9. The maximum atomic E-state index is 12.6. The van der Waals surface area contributed by atoms with Crippen LogP contribution in [0.3, 0.4) is 0 Å². The lowest BCUT2D eigenvalue weighted by Gasteiger charge is -2.10. The van der Waals surface area contributed by atoms with Crippen LogP contribution in [0.5, 0.6) is 11.5 Å². The van der Waals surface area contributed by atoms with Crippen LogP contribution < -0.4 is 14.8 Å². The van der Waals surface area contributed by atoms with Crippen LogP contribution in [0.15, 0.2) is 76.8 Å². The van der Waals surface area contributed by atoms with Crippen LogP contribution in [0.1, 0.15) is 15.9 Å². The lowest BCUT2D eigenvalue weighted by Crippen LogP contribution is -2.13. The first-order valence-electron chi connectivity index (χ1n) is 9.24. The third kappa shape index (κ3) is 5.97. The maximum Gasteiger partial charge on any atom is 0.343 e. The van der Waals surface area contributed by atoms with Crippen molar-refractivity contribution in [1.29, 1.82) is 5.26 Å². The molecule has 3 rings (SSSR count). The van der Waals surface area contributed by atoms with Gasteiger partial charge in [0.15, 0.2) is 0 Å². The number of nitriles is 1. The lowest BCUT2D eigenvalue weighted by molar-refractivity contribution is -0.112. The molecule has 0 aliphatic rings. The Morgan fingerprint density at radius 1 is 1.09 bits per heavy atom. The molecular weight excluding hydrogens is 496 g/mol. The van der Waals surface area contributed by atoms with Crippen molar-refractivity contribution < 1.29 is 19.1 Å². The molecule has 0 unspecified atom stereocenters. The van der Waals surface area contributed by atoms with Crippen molar-refractivity contribution in [1.82, 2.24) is 0 Å². The van der Waals surface area contributed by atoms with E-state index in [0.717, 1.165) is 0 Å². The lowest BCUT2D eigenvalue weighted by atomic mass is 10.1. The second kappa shape index (κ2) is 10.6. The molecule has 0 spiro atoms. The molecule has 0 fully saturated rings. The van der Waals surface area contributed by atoms with Crippen molar-refractivity contribution in [3.63, 3.8) is 0 Å². The van der Waals surface area contributed by atoms with Gasteiger partial charge in [-0.05, 0) is 66.7 Å². The normalized spacial score (nSPS) is 10.8.